The minimum absolute atomic E-state index is 0.0421. The molecule has 2 atom stereocenters. The van der Waals surface area contributed by atoms with Gasteiger partial charge in [0.2, 0.25) is 0 Å². The van der Waals surface area contributed by atoms with Gasteiger partial charge in [0.15, 0.2) is 5.78 Å². The monoisotopic (exact) mass is 598 g/mol. The number of rotatable bonds is 2. The highest BCUT2D eigenvalue weighted by atomic mass is 79.9. The minimum Gasteiger partial charge on any atom is -0.289 e. The van der Waals surface area contributed by atoms with Gasteiger partial charge in [-0.05, 0) is 68.4 Å². The van der Waals surface area contributed by atoms with Crippen LogP contribution in [0.1, 0.15) is 45.0 Å². The molecule has 0 aliphatic heterocycles. The fraction of sp³-hybridized carbons (Fsp3) is 0.242. The highest BCUT2D eigenvalue weighted by Crippen LogP contribution is 2.69. The fourth-order valence-electron chi connectivity index (χ4n) is 6.29. The van der Waals surface area contributed by atoms with E-state index in [4.69, 9.17) is 0 Å². The lowest BCUT2D eigenvalue weighted by Crippen LogP contribution is -2.49. The van der Waals surface area contributed by atoms with Crippen LogP contribution in [0.3, 0.4) is 0 Å². The zero-order valence-electron chi connectivity index (χ0n) is 21.2. The van der Waals surface area contributed by atoms with E-state index in [0.717, 1.165) is 42.0 Å². The molecule has 0 unspecified atom stereocenters. The van der Waals surface area contributed by atoms with Crippen molar-refractivity contribution < 1.29 is 4.79 Å². The van der Waals surface area contributed by atoms with Crippen LogP contribution < -0.4 is 0 Å². The Hall–Kier alpha value is -2.49. The normalized spacial score (nSPS) is 26.9. The summed E-state index contributed by atoms with van der Waals surface area (Å²) < 4.78 is 2.13. The second-order valence-corrected chi connectivity index (χ2v) is 13.3. The molecule has 0 saturated heterocycles. The Morgan fingerprint density at radius 2 is 1.47 bits per heavy atom. The Morgan fingerprint density at radius 3 is 2.22 bits per heavy atom. The molecule has 0 N–H and O–H groups in total. The second-order valence-electron chi connectivity index (χ2n) is 11.6. The lowest BCUT2D eigenvalue weighted by Gasteiger charge is -2.58. The summed E-state index contributed by atoms with van der Waals surface area (Å²) in [7, 11) is 0. The van der Waals surface area contributed by atoms with E-state index in [0.29, 0.717) is 0 Å². The number of benzene rings is 2. The molecule has 1 nitrogen and oxygen atoms in total. The van der Waals surface area contributed by atoms with Crippen molar-refractivity contribution in [2.24, 2.45) is 16.2 Å². The number of hydrogen-bond donors (Lipinski definition) is 0. The molecule has 0 saturated carbocycles. The van der Waals surface area contributed by atoms with Crippen LogP contribution in [0.2, 0.25) is 0 Å². The summed E-state index contributed by atoms with van der Waals surface area (Å²) in [4.78, 5) is 14.0. The van der Waals surface area contributed by atoms with E-state index in [9.17, 15) is 4.79 Å². The fourth-order valence-corrected chi connectivity index (χ4v) is 7.81. The average molecular weight is 600 g/mol. The van der Waals surface area contributed by atoms with Crippen molar-refractivity contribution in [3.8, 4) is 0 Å². The standard InChI is InChI=1S/C33H28Br2O/c1-31(2,3)21-15-23-18-28(34)26-14-20(30(36)25-12-8-10-19-9-6-7-11-24(19)25)13-22-17-29(35)27(16-21)33(23,5)32(22,26)4/h6-18H,1-5H3/t32-,33+/m1/s1. The predicted octanol–water partition coefficient (Wildman–Crippen LogP) is 9.70. The number of Topliss-reactive ketones (excluding diaryl/α,β-unsaturated/α-hetero) is 1. The van der Waals surface area contributed by atoms with E-state index in [1.807, 2.05) is 30.3 Å². The van der Waals surface area contributed by atoms with E-state index in [-0.39, 0.29) is 22.0 Å². The van der Waals surface area contributed by atoms with E-state index in [1.165, 1.54) is 16.7 Å². The molecule has 6 rings (SSSR count). The molecule has 36 heavy (non-hydrogen) atoms. The van der Waals surface area contributed by atoms with Crippen LogP contribution in [0.5, 0.6) is 0 Å². The van der Waals surface area contributed by atoms with Gasteiger partial charge in [0, 0.05) is 30.9 Å². The Morgan fingerprint density at radius 1 is 0.778 bits per heavy atom. The van der Waals surface area contributed by atoms with Crippen molar-refractivity contribution in [2.45, 2.75) is 34.6 Å². The quantitative estimate of drug-likeness (QED) is 0.314. The number of allylic oxidation sites excluding steroid dienone is 14. The van der Waals surface area contributed by atoms with Gasteiger partial charge in [-0.25, -0.2) is 0 Å². The second kappa shape index (κ2) is 7.76. The van der Waals surface area contributed by atoms with Crippen molar-refractivity contribution in [1.82, 2.24) is 0 Å². The van der Waals surface area contributed by atoms with Gasteiger partial charge in [0.1, 0.15) is 0 Å². The van der Waals surface area contributed by atoms with Gasteiger partial charge in [0.25, 0.3) is 0 Å². The summed E-state index contributed by atoms with van der Waals surface area (Å²) in [5.41, 5.74) is 7.19. The topological polar surface area (TPSA) is 17.1 Å². The van der Waals surface area contributed by atoms with Gasteiger partial charge in [-0.3, -0.25) is 4.79 Å². The molecule has 2 aromatic rings. The van der Waals surface area contributed by atoms with Gasteiger partial charge in [0.05, 0.1) is 0 Å². The van der Waals surface area contributed by atoms with Crippen LogP contribution in [-0.2, 0) is 0 Å². The first-order valence-electron chi connectivity index (χ1n) is 12.4. The summed E-state index contributed by atoms with van der Waals surface area (Å²) >= 11 is 7.85. The first-order valence-corrected chi connectivity index (χ1v) is 14.0. The molecule has 0 bridgehead atoms. The third kappa shape index (κ3) is 3.08. The summed E-state index contributed by atoms with van der Waals surface area (Å²) in [6, 6.07) is 14.1. The minimum atomic E-state index is -0.304. The largest absolute Gasteiger partial charge is 0.289 e. The molecule has 0 heterocycles. The van der Waals surface area contributed by atoms with Crippen molar-refractivity contribution in [1.29, 1.82) is 0 Å². The highest BCUT2D eigenvalue weighted by Gasteiger charge is 2.59. The van der Waals surface area contributed by atoms with Crippen LogP contribution in [-0.4, -0.2) is 5.78 Å². The maximum absolute atomic E-state index is 14.0. The summed E-state index contributed by atoms with van der Waals surface area (Å²) in [6.07, 6.45) is 13.5. The molecule has 0 amide bonds. The van der Waals surface area contributed by atoms with Gasteiger partial charge in [-0.2, -0.15) is 0 Å². The van der Waals surface area contributed by atoms with E-state index >= 15 is 0 Å². The molecule has 0 radical (unpaired) electrons. The van der Waals surface area contributed by atoms with Crippen LogP contribution in [0.4, 0.5) is 0 Å². The molecule has 4 aliphatic rings. The molecule has 4 aliphatic carbocycles. The maximum atomic E-state index is 14.0. The number of hydrogen-bond acceptors (Lipinski definition) is 1. The summed E-state index contributed by atoms with van der Waals surface area (Å²) in [5.74, 6) is 0.0542. The number of carbonyl (C=O) groups is 1. The Bertz CT molecular complexity index is 1610. The van der Waals surface area contributed by atoms with Crippen molar-refractivity contribution in [3.63, 3.8) is 0 Å². The van der Waals surface area contributed by atoms with E-state index in [1.54, 1.807) is 0 Å². The van der Waals surface area contributed by atoms with Gasteiger partial charge in [-0.1, -0.05) is 121 Å². The maximum Gasteiger partial charge on any atom is 0.193 e. The number of ketones is 1. The molecule has 0 spiro atoms. The number of fused-ring (bicyclic) bond motifs is 1. The summed E-state index contributed by atoms with van der Waals surface area (Å²) in [6.45, 7) is 11.5. The smallest absolute Gasteiger partial charge is 0.193 e. The Labute approximate surface area is 230 Å². The zero-order valence-corrected chi connectivity index (χ0v) is 24.3. The number of carbonyl (C=O) groups excluding carboxylic acids is 1. The number of halogens is 2. The van der Waals surface area contributed by atoms with E-state index in [2.05, 4.69) is 115 Å². The predicted molar refractivity (Wildman–Crippen MR) is 157 cm³/mol. The van der Waals surface area contributed by atoms with Gasteiger partial charge < -0.3 is 0 Å². The molecular formula is C33H28Br2O. The summed E-state index contributed by atoms with van der Waals surface area (Å²) in [5, 5.41) is 2.07. The highest BCUT2D eigenvalue weighted by molar-refractivity contribution is 9.12. The Kier molecular flexibility index (Phi) is 5.15. The third-order valence-corrected chi connectivity index (χ3v) is 10.0. The molecule has 3 heteroatoms. The molecule has 0 fully saturated rings. The average Bonchev–Trinajstić information content (AvgIpc) is 2.83. The van der Waals surface area contributed by atoms with E-state index < -0.39 is 0 Å². The molecule has 180 valence electrons. The van der Waals surface area contributed by atoms with Gasteiger partial charge >= 0.3 is 0 Å². The van der Waals surface area contributed by atoms with Crippen LogP contribution >= 0.6 is 31.9 Å². The Balaban J connectivity index is 1.59. The third-order valence-electron chi connectivity index (χ3n) is 8.70. The zero-order chi connectivity index (χ0) is 25.6. The van der Waals surface area contributed by atoms with Crippen LogP contribution in [0, 0.1) is 16.2 Å². The van der Waals surface area contributed by atoms with Crippen molar-refractivity contribution in [3.05, 3.63) is 127 Å². The molecule has 2 aromatic carbocycles. The molecular weight excluding hydrogens is 572 g/mol. The van der Waals surface area contributed by atoms with Crippen molar-refractivity contribution in [2.75, 3.05) is 0 Å². The lowest BCUT2D eigenvalue weighted by molar-refractivity contribution is 0.103. The lowest BCUT2D eigenvalue weighted by atomic mass is 9.46. The first kappa shape index (κ1) is 23.9. The van der Waals surface area contributed by atoms with Crippen LogP contribution in [0.15, 0.2) is 121 Å². The SMILES string of the molecule is CC(C)(C)C1=CC2=C(Br)C=C3C=C(C(=O)c4cccc5ccccc45)C=C4C(Br)=CC(=C1)[C@]2(C)[C@]34C. The van der Waals surface area contributed by atoms with Crippen molar-refractivity contribution >= 4 is 48.4 Å². The first-order chi connectivity index (χ1) is 17.0. The molecule has 0 aromatic heterocycles. The van der Waals surface area contributed by atoms with Crippen LogP contribution in [0.25, 0.3) is 10.8 Å². The van der Waals surface area contributed by atoms with Gasteiger partial charge in [-0.15, -0.1) is 0 Å².